The van der Waals surface area contributed by atoms with Crippen LogP contribution in [0.4, 0.5) is 0 Å². The van der Waals surface area contributed by atoms with Crippen molar-refractivity contribution >= 4 is 16.9 Å². The number of carbonyl (C=O) groups is 1. The maximum atomic E-state index is 11.9. The van der Waals surface area contributed by atoms with Crippen LogP contribution in [0, 0.1) is 18.8 Å². The Labute approximate surface area is 205 Å². The zero-order valence-electron chi connectivity index (χ0n) is 19.7. The van der Waals surface area contributed by atoms with Crippen molar-refractivity contribution in [1.29, 1.82) is 0 Å². The third kappa shape index (κ3) is 6.26. The smallest absolute Gasteiger partial charge is 0.354 e. The number of para-hydroxylation sites is 1. The first-order valence-corrected chi connectivity index (χ1v) is 11.6. The van der Waals surface area contributed by atoms with E-state index in [2.05, 4.69) is 16.8 Å². The van der Waals surface area contributed by atoms with Crippen LogP contribution in [0.3, 0.4) is 0 Å². The quantitative estimate of drug-likeness (QED) is 0.237. The van der Waals surface area contributed by atoms with E-state index in [1.807, 2.05) is 72.8 Å². The molecule has 4 rings (SSSR count). The molecule has 3 aromatic carbocycles. The number of carboxylic acids is 1. The van der Waals surface area contributed by atoms with Gasteiger partial charge in [0.1, 0.15) is 17.9 Å². The Hall–Kier alpha value is -4.14. The van der Waals surface area contributed by atoms with Crippen molar-refractivity contribution in [2.24, 2.45) is 0 Å². The summed E-state index contributed by atoms with van der Waals surface area (Å²) >= 11 is 0. The van der Waals surface area contributed by atoms with Gasteiger partial charge in [-0.05, 0) is 36.1 Å². The molecule has 0 saturated carbocycles. The Morgan fingerprint density at radius 3 is 2.29 bits per heavy atom. The average Bonchev–Trinajstić information content (AvgIpc) is 2.88. The van der Waals surface area contributed by atoms with Crippen molar-refractivity contribution in [2.45, 2.75) is 33.0 Å². The lowest BCUT2D eigenvalue weighted by Crippen LogP contribution is -2.07. The number of unbranched alkanes of at least 4 members (excludes halogenated alkanes) is 1. The second-order valence-electron chi connectivity index (χ2n) is 8.14. The summed E-state index contributed by atoms with van der Waals surface area (Å²) < 4.78 is 11.7. The first-order chi connectivity index (χ1) is 17.1. The maximum Gasteiger partial charge on any atom is 0.354 e. The molecule has 0 aliphatic carbocycles. The maximum absolute atomic E-state index is 11.9. The molecule has 0 aliphatic rings. The number of fused-ring (bicyclic) bond motifs is 1. The summed E-state index contributed by atoms with van der Waals surface area (Å²) in [5.41, 5.74) is 3.88. The van der Waals surface area contributed by atoms with Gasteiger partial charge >= 0.3 is 5.97 Å². The molecule has 1 heterocycles. The summed E-state index contributed by atoms with van der Waals surface area (Å²) in [4.78, 5) is 16.3. The van der Waals surface area contributed by atoms with E-state index in [-0.39, 0.29) is 5.69 Å². The van der Waals surface area contributed by atoms with Crippen molar-refractivity contribution in [3.8, 4) is 17.6 Å². The van der Waals surface area contributed by atoms with Gasteiger partial charge in [-0.3, -0.25) is 0 Å². The van der Waals surface area contributed by atoms with Crippen LogP contribution >= 0.6 is 0 Å². The summed E-state index contributed by atoms with van der Waals surface area (Å²) in [7, 11) is 0. The number of ether oxygens (including phenoxy) is 2. The van der Waals surface area contributed by atoms with E-state index >= 15 is 0 Å². The Bertz CT molecular complexity index is 1360. The molecule has 1 aromatic heterocycles. The molecule has 4 aromatic rings. The fourth-order valence-electron chi connectivity index (χ4n) is 3.75. The van der Waals surface area contributed by atoms with Gasteiger partial charge in [0, 0.05) is 24.0 Å². The van der Waals surface area contributed by atoms with Crippen LogP contribution < -0.4 is 4.74 Å². The number of aromatic nitrogens is 1. The van der Waals surface area contributed by atoms with Crippen molar-refractivity contribution in [3.05, 3.63) is 107 Å². The lowest BCUT2D eigenvalue weighted by Gasteiger charge is -2.13. The van der Waals surface area contributed by atoms with Gasteiger partial charge in [-0.25, -0.2) is 9.78 Å². The monoisotopic (exact) mass is 465 g/mol. The second kappa shape index (κ2) is 11.8. The summed E-state index contributed by atoms with van der Waals surface area (Å²) in [6, 6.07) is 25.4. The van der Waals surface area contributed by atoms with E-state index in [1.165, 1.54) is 0 Å². The lowest BCUT2D eigenvalue weighted by atomic mass is 10.0. The first-order valence-electron chi connectivity index (χ1n) is 11.6. The molecule has 35 heavy (non-hydrogen) atoms. The normalized spacial score (nSPS) is 10.5. The highest BCUT2D eigenvalue weighted by atomic mass is 16.5. The number of pyridine rings is 1. The highest BCUT2D eigenvalue weighted by molar-refractivity contribution is 5.97. The number of rotatable bonds is 9. The molecule has 0 spiro atoms. The molecular weight excluding hydrogens is 438 g/mol. The van der Waals surface area contributed by atoms with Gasteiger partial charge in [0.2, 0.25) is 0 Å². The van der Waals surface area contributed by atoms with E-state index in [9.17, 15) is 9.90 Å². The zero-order chi connectivity index (χ0) is 24.5. The van der Waals surface area contributed by atoms with Gasteiger partial charge in [0.05, 0.1) is 6.61 Å². The summed E-state index contributed by atoms with van der Waals surface area (Å²) in [5.74, 6) is 5.83. The van der Waals surface area contributed by atoms with Gasteiger partial charge in [0.15, 0.2) is 5.69 Å². The Balaban J connectivity index is 1.50. The molecule has 0 aliphatic heterocycles. The number of hydrogen-bond donors (Lipinski definition) is 1. The third-order valence-corrected chi connectivity index (χ3v) is 5.58. The molecule has 0 saturated heterocycles. The standard InChI is InChI=1S/C30H27NO4/c1-22-25(16-9-4-10-19-34-20-23-12-5-2-6-13-23)26-17-11-18-27(29(26)31-28(22)30(32)33)35-21-24-14-7-3-8-15-24/h2-3,5-8,11-15,17-18H,4,10,19-21H2,1H3,(H,32,33). The van der Waals surface area contributed by atoms with Crippen LogP contribution in [-0.4, -0.2) is 22.7 Å². The minimum atomic E-state index is -1.08. The molecule has 0 bridgehead atoms. The molecule has 0 radical (unpaired) electrons. The first kappa shape index (κ1) is 24.0. The molecule has 0 amide bonds. The van der Waals surface area contributed by atoms with E-state index in [4.69, 9.17) is 9.47 Å². The van der Waals surface area contributed by atoms with Gasteiger partial charge in [-0.1, -0.05) is 84.6 Å². The largest absolute Gasteiger partial charge is 0.487 e. The van der Waals surface area contributed by atoms with E-state index < -0.39 is 5.97 Å². The highest BCUT2D eigenvalue weighted by Crippen LogP contribution is 2.30. The predicted molar refractivity (Wildman–Crippen MR) is 136 cm³/mol. The molecule has 5 heteroatoms. The fraction of sp³-hybridized carbons (Fsp3) is 0.200. The number of nitrogens with zero attached hydrogens (tertiary/aromatic N) is 1. The number of benzene rings is 3. The van der Waals surface area contributed by atoms with Crippen LogP contribution in [-0.2, 0) is 18.0 Å². The molecule has 0 atom stereocenters. The van der Waals surface area contributed by atoms with Crippen molar-refractivity contribution < 1.29 is 19.4 Å². The minimum absolute atomic E-state index is 0.0104. The predicted octanol–water partition coefficient (Wildman–Crippen LogP) is 6.17. The lowest BCUT2D eigenvalue weighted by molar-refractivity contribution is 0.0690. The number of hydrogen-bond acceptors (Lipinski definition) is 4. The van der Waals surface area contributed by atoms with Crippen molar-refractivity contribution in [3.63, 3.8) is 0 Å². The topological polar surface area (TPSA) is 68.7 Å². The summed E-state index contributed by atoms with van der Waals surface area (Å²) in [6.45, 7) is 3.30. The second-order valence-corrected chi connectivity index (χ2v) is 8.14. The molecule has 1 N–H and O–H groups in total. The summed E-state index contributed by atoms with van der Waals surface area (Å²) in [5, 5.41) is 10.5. The minimum Gasteiger partial charge on any atom is -0.487 e. The molecule has 5 nitrogen and oxygen atoms in total. The number of carboxylic acid groups (broad SMARTS) is 1. The number of aromatic carboxylic acids is 1. The van der Waals surface area contributed by atoms with E-state index in [1.54, 1.807) is 13.0 Å². The Morgan fingerprint density at radius 2 is 1.60 bits per heavy atom. The molecule has 0 unspecified atom stereocenters. The van der Waals surface area contributed by atoms with Crippen LogP contribution in [0.25, 0.3) is 10.9 Å². The van der Waals surface area contributed by atoms with Crippen LogP contribution in [0.15, 0.2) is 78.9 Å². The van der Waals surface area contributed by atoms with E-state index in [0.29, 0.717) is 48.6 Å². The SMILES string of the molecule is Cc1c(C(=O)O)nc2c(OCc3ccccc3)cccc2c1C#CCCCOCc1ccccc1. The fourth-order valence-corrected chi connectivity index (χ4v) is 3.75. The molecular formula is C30H27NO4. The van der Waals surface area contributed by atoms with Crippen LogP contribution in [0.2, 0.25) is 0 Å². The van der Waals surface area contributed by atoms with Crippen LogP contribution in [0.5, 0.6) is 5.75 Å². The van der Waals surface area contributed by atoms with Gasteiger partial charge in [0.25, 0.3) is 0 Å². The Kier molecular flexibility index (Phi) is 8.11. The Morgan fingerprint density at radius 1 is 0.914 bits per heavy atom. The van der Waals surface area contributed by atoms with Gasteiger partial charge in [-0.15, -0.1) is 0 Å². The van der Waals surface area contributed by atoms with Crippen LogP contribution in [0.1, 0.15) is 45.6 Å². The molecule has 0 fully saturated rings. The van der Waals surface area contributed by atoms with Gasteiger partial charge in [-0.2, -0.15) is 0 Å². The highest BCUT2D eigenvalue weighted by Gasteiger charge is 2.18. The zero-order valence-corrected chi connectivity index (χ0v) is 19.7. The van der Waals surface area contributed by atoms with E-state index in [0.717, 1.165) is 22.9 Å². The summed E-state index contributed by atoms with van der Waals surface area (Å²) in [6.07, 6.45) is 1.43. The van der Waals surface area contributed by atoms with Crippen molar-refractivity contribution in [2.75, 3.05) is 6.61 Å². The van der Waals surface area contributed by atoms with Crippen molar-refractivity contribution in [1.82, 2.24) is 4.98 Å². The third-order valence-electron chi connectivity index (χ3n) is 5.58. The molecule has 176 valence electrons. The average molecular weight is 466 g/mol. The van der Waals surface area contributed by atoms with Gasteiger partial charge < -0.3 is 14.6 Å².